The molecule has 0 saturated heterocycles. The highest BCUT2D eigenvalue weighted by Crippen LogP contribution is 2.22. The Labute approximate surface area is 141 Å². The summed E-state index contributed by atoms with van der Waals surface area (Å²) in [5, 5.41) is 4.42. The van der Waals surface area contributed by atoms with E-state index in [1.165, 1.54) is 0 Å². The third-order valence-corrected chi connectivity index (χ3v) is 3.36. The van der Waals surface area contributed by atoms with Gasteiger partial charge in [-0.25, -0.2) is 9.50 Å². The quantitative estimate of drug-likeness (QED) is 0.624. The molecule has 0 spiro atoms. The summed E-state index contributed by atoms with van der Waals surface area (Å²) in [6.45, 7) is 5.05. The molecule has 3 aromatic rings. The van der Waals surface area contributed by atoms with Crippen molar-refractivity contribution in [2.45, 2.75) is 20.0 Å². The summed E-state index contributed by atoms with van der Waals surface area (Å²) in [5.74, 6) is 1.40. The number of hydrogen-bond donors (Lipinski definition) is 0. The Morgan fingerprint density at radius 2 is 1.83 bits per heavy atom. The van der Waals surface area contributed by atoms with E-state index < -0.39 is 0 Å². The molecule has 0 saturated carbocycles. The molecule has 126 valence electrons. The lowest BCUT2D eigenvalue weighted by atomic mass is 10.2. The second-order valence-electron chi connectivity index (χ2n) is 5.63. The second-order valence-corrected chi connectivity index (χ2v) is 5.63. The van der Waals surface area contributed by atoms with Crippen LogP contribution in [0.2, 0.25) is 0 Å². The highest BCUT2D eigenvalue weighted by molar-refractivity contribution is 5.63. The molecule has 0 aliphatic carbocycles. The topological polar surface area (TPSA) is 57.9 Å². The third-order valence-electron chi connectivity index (χ3n) is 3.36. The number of ether oxygens (including phenoxy) is 3. The van der Waals surface area contributed by atoms with Gasteiger partial charge in [0.15, 0.2) is 5.65 Å². The smallest absolute Gasteiger partial charge is 0.232 e. The molecule has 6 heteroatoms. The molecule has 2 aromatic heterocycles. The zero-order valence-corrected chi connectivity index (χ0v) is 14.1. The van der Waals surface area contributed by atoms with E-state index in [-0.39, 0.29) is 6.10 Å². The molecule has 0 unspecified atom stereocenters. The number of imidazole rings is 1. The van der Waals surface area contributed by atoms with Crippen molar-refractivity contribution in [3.63, 3.8) is 0 Å². The van der Waals surface area contributed by atoms with Gasteiger partial charge in [0, 0.05) is 18.7 Å². The first-order valence-corrected chi connectivity index (χ1v) is 7.91. The first kappa shape index (κ1) is 16.3. The van der Waals surface area contributed by atoms with Gasteiger partial charge in [0.1, 0.15) is 12.4 Å². The number of benzene rings is 1. The third kappa shape index (κ3) is 3.83. The number of fused-ring (bicyclic) bond motifs is 1. The highest BCUT2D eigenvalue weighted by atomic mass is 16.5. The molecule has 0 aliphatic heterocycles. The van der Waals surface area contributed by atoms with Gasteiger partial charge in [0.2, 0.25) is 5.88 Å². The lowest BCUT2D eigenvalue weighted by Crippen LogP contribution is -2.08. The van der Waals surface area contributed by atoms with Gasteiger partial charge in [0.05, 0.1) is 24.6 Å². The van der Waals surface area contributed by atoms with Crippen LogP contribution in [0.5, 0.6) is 11.6 Å². The van der Waals surface area contributed by atoms with Gasteiger partial charge in [-0.2, -0.15) is 0 Å². The van der Waals surface area contributed by atoms with E-state index in [0.717, 1.165) is 22.7 Å². The van der Waals surface area contributed by atoms with Crippen molar-refractivity contribution < 1.29 is 14.2 Å². The van der Waals surface area contributed by atoms with Crippen molar-refractivity contribution in [2.75, 3.05) is 20.3 Å². The summed E-state index contributed by atoms with van der Waals surface area (Å²) in [5.41, 5.74) is 2.64. The molecule has 0 N–H and O–H groups in total. The predicted molar refractivity (Wildman–Crippen MR) is 91.6 cm³/mol. The molecule has 3 rings (SSSR count). The average molecular weight is 327 g/mol. The number of rotatable bonds is 7. The van der Waals surface area contributed by atoms with Crippen LogP contribution >= 0.6 is 0 Å². The van der Waals surface area contributed by atoms with Crippen molar-refractivity contribution in [3.8, 4) is 22.9 Å². The zero-order valence-electron chi connectivity index (χ0n) is 14.1. The summed E-state index contributed by atoms with van der Waals surface area (Å²) in [4.78, 5) is 4.59. The molecule has 1 aromatic carbocycles. The van der Waals surface area contributed by atoms with Crippen LogP contribution in [0.1, 0.15) is 13.8 Å². The molecule has 0 fully saturated rings. The van der Waals surface area contributed by atoms with E-state index in [4.69, 9.17) is 14.2 Å². The summed E-state index contributed by atoms with van der Waals surface area (Å²) in [6, 6.07) is 11.5. The Hall–Kier alpha value is -2.60. The van der Waals surface area contributed by atoms with Crippen LogP contribution < -0.4 is 9.47 Å². The maximum Gasteiger partial charge on any atom is 0.232 e. The van der Waals surface area contributed by atoms with Gasteiger partial charge in [-0.1, -0.05) is 0 Å². The minimum Gasteiger partial charge on any atom is -0.491 e. The van der Waals surface area contributed by atoms with Gasteiger partial charge >= 0.3 is 0 Å². The molecular weight excluding hydrogens is 306 g/mol. The molecule has 6 nitrogen and oxygen atoms in total. The van der Waals surface area contributed by atoms with E-state index in [0.29, 0.717) is 19.1 Å². The van der Waals surface area contributed by atoms with E-state index >= 15 is 0 Å². The number of nitrogens with zero attached hydrogens (tertiary/aromatic N) is 3. The van der Waals surface area contributed by atoms with Crippen molar-refractivity contribution >= 4 is 5.65 Å². The molecule has 0 aliphatic rings. The number of methoxy groups -OCH3 is 1. The van der Waals surface area contributed by atoms with E-state index in [1.54, 1.807) is 11.6 Å². The fraction of sp³-hybridized carbons (Fsp3) is 0.333. The number of aromatic nitrogens is 3. The van der Waals surface area contributed by atoms with Crippen molar-refractivity contribution in [1.82, 2.24) is 14.6 Å². The Bertz CT molecular complexity index is 797. The van der Waals surface area contributed by atoms with Gasteiger partial charge in [-0.15, -0.1) is 5.10 Å². The molecule has 2 heterocycles. The Morgan fingerprint density at radius 1 is 1.04 bits per heavy atom. The van der Waals surface area contributed by atoms with Crippen molar-refractivity contribution in [2.24, 2.45) is 0 Å². The summed E-state index contributed by atoms with van der Waals surface area (Å²) in [7, 11) is 1.65. The first-order valence-electron chi connectivity index (χ1n) is 7.91. The van der Waals surface area contributed by atoms with Crippen molar-refractivity contribution in [1.29, 1.82) is 0 Å². The van der Waals surface area contributed by atoms with Gasteiger partial charge < -0.3 is 14.2 Å². The van der Waals surface area contributed by atoms with Crippen LogP contribution in [0.25, 0.3) is 16.9 Å². The molecule has 0 atom stereocenters. The van der Waals surface area contributed by atoms with Gasteiger partial charge in [0.25, 0.3) is 0 Å². The maximum absolute atomic E-state index is 5.61. The minimum atomic E-state index is 0.0867. The zero-order chi connectivity index (χ0) is 16.9. The summed E-state index contributed by atoms with van der Waals surface area (Å²) in [6.07, 6.45) is 1.98. The summed E-state index contributed by atoms with van der Waals surface area (Å²) >= 11 is 0. The maximum atomic E-state index is 5.61. The first-order chi connectivity index (χ1) is 11.7. The lowest BCUT2D eigenvalue weighted by Gasteiger charge is -2.07. The van der Waals surface area contributed by atoms with Gasteiger partial charge in [-0.3, -0.25) is 0 Å². The Morgan fingerprint density at radius 3 is 2.54 bits per heavy atom. The molecule has 0 radical (unpaired) electrons. The number of hydrogen-bond acceptors (Lipinski definition) is 5. The van der Waals surface area contributed by atoms with Crippen LogP contribution in [0.15, 0.2) is 42.6 Å². The molecule has 0 bridgehead atoms. The molecular formula is C18H21N3O3. The fourth-order valence-electron chi connectivity index (χ4n) is 2.27. The van der Waals surface area contributed by atoms with E-state index in [9.17, 15) is 0 Å². The van der Waals surface area contributed by atoms with Crippen molar-refractivity contribution in [3.05, 3.63) is 42.6 Å². The predicted octanol–water partition coefficient (Wildman–Crippen LogP) is 3.21. The van der Waals surface area contributed by atoms with Crippen LogP contribution in [0.4, 0.5) is 0 Å². The van der Waals surface area contributed by atoms with E-state index in [1.807, 2.05) is 56.4 Å². The van der Waals surface area contributed by atoms with Gasteiger partial charge in [-0.05, 0) is 44.2 Å². The monoisotopic (exact) mass is 327 g/mol. The SMILES string of the molecule is COCCOc1ccc(-c2cn3nc(OC(C)C)ccc3n2)cc1. The van der Waals surface area contributed by atoms with Crippen LogP contribution in [0.3, 0.4) is 0 Å². The van der Waals surface area contributed by atoms with Crippen LogP contribution in [0, 0.1) is 0 Å². The normalized spacial score (nSPS) is 11.2. The Kier molecular flexibility index (Phi) is 4.96. The van der Waals surface area contributed by atoms with E-state index in [2.05, 4.69) is 10.1 Å². The van der Waals surface area contributed by atoms with Crippen LogP contribution in [-0.2, 0) is 4.74 Å². The summed E-state index contributed by atoms with van der Waals surface area (Å²) < 4.78 is 17.9. The lowest BCUT2D eigenvalue weighted by molar-refractivity contribution is 0.146. The standard InChI is InChI=1S/C18H21N3O3/c1-13(2)24-18-9-8-17-19-16(12-21(17)20-18)14-4-6-15(7-5-14)23-11-10-22-3/h4-9,12-13H,10-11H2,1-3H3. The second kappa shape index (κ2) is 7.31. The highest BCUT2D eigenvalue weighted by Gasteiger charge is 2.07. The average Bonchev–Trinajstić information content (AvgIpc) is 2.98. The molecule has 24 heavy (non-hydrogen) atoms. The Balaban J connectivity index is 1.78. The molecule has 0 amide bonds. The van der Waals surface area contributed by atoms with Crippen LogP contribution in [-0.4, -0.2) is 41.0 Å². The fourth-order valence-corrected chi connectivity index (χ4v) is 2.27. The largest absolute Gasteiger partial charge is 0.491 e. The minimum absolute atomic E-state index is 0.0867.